The van der Waals surface area contributed by atoms with Crippen LogP contribution in [-0.4, -0.2) is 24.4 Å². The lowest BCUT2D eigenvalue weighted by Crippen LogP contribution is -2.32. The summed E-state index contributed by atoms with van der Waals surface area (Å²) in [4.78, 5) is 23.9. The Balaban J connectivity index is 1.87. The molecule has 0 amide bonds. The molecule has 0 bridgehead atoms. The van der Waals surface area contributed by atoms with Gasteiger partial charge in [0.25, 0.3) is 0 Å². The van der Waals surface area contributed by atoms with E-state index >= 15 is 0 Å². The Labute approximate surface area is 129 Å². The van der Waals surface area contributed by atoms with Crippen LogP contribution in [0.2, 0.25) is 0 Å². The van der Waals surface area contributed by atoms with Crippen LogP contribution in [0.4, 0.5) is 0 Å². The smallest absolute Gasteiger partial charge is 0.310 e. The normalized spacial score (nSPS) is 21.7. The summed E-state index contributed by atoms with van der Waals surface area (Å²) in [5.74, 6) is -0.614. The Kier molecular flexibility index (Phi) is 5.70. The van der Waals surface area contributed by atoms with Crippen LogP contribution in [0.5, 0.6) is 0 Å². The van der Waals surface area contributed by atoms with E-state index in [4.69, 9.17) is 4.74 Å². The van der Waals surface area contributed by atoms with Crippen LogP contribution in [0, 0.1) is 5.92 Å². The molecule has 1 aliphatic rings. The molecule has 108 valence electrons. The summed E-state index contributed by atoms with van der Waals surface area (Å²) >= 11 is 3.31. The zero-order chi connectivity index (χ0) is 14.5. The van der Waals surface area contributed by atoms with Crippen molar-refractivity contribution >= 4 is 37.1 Å². The first kappa shape index (κ1) is 15.6. The van der Waals surface area contributed by atoms with E-state index in [-0.39, 0.29) is 30.3 Å². The molecule has 0 spiro atoms. The second-order valence-corrected chi connectivity index (χ2v) is 6.10. The van der Waals surface area contributed by atoms with E-state index in [1.165, 1.54) is 0 Å². The number of Topliss-reactive ketones (excluding diaryl/α,β-unsaturated/α-hetero) is 1. The Morgan fingerprint density at radius 3 is 2.65 bits per heavy atom. The van der Waals surface area contributed by atoms with Gasteiger partial charge in [0.05, 0.1) is 5.92 Å². The number of ether oxygens (including phenoxy) is 1. The van der Waals surface area contributed by atoms with Gasteiger partial charge in [-0.1, -0.05) is 43.9 Å². The lowest BCUT2D eigenvalue weighted by atomic mass is 10.1. The standard InChI is InChI=1S/C14H17BrNO3P/c15-10-6-4-9(5-7-10)13(17)8-19-14(18)11-2-1-3-12(11)16-20/h4-7,11-12,16H,1-3,8,20H2. The maximum absolute atomic E-state index is 12.0. The molecule has 1 fully saturated rings. The van der Waals surface area contributed by atoms with E-state index in [0.717, 1.165) is 23.7 Å². The Morgan fingerprint density at radius 1 is 1.30 bits per heavy atom. The fourth-order valence-corrected chi connectivity index (χ4v) is 3.07. The zero-order valence-corrected chi connectivity index (χ0v) is 13.7. The summed E-state index contributed by atoms with van der Waals surface area (Å²) in [5, 5.41) is 3.05. The average molecular weight is 358 g/mol. The fraction of sp³-hybridized carbons (Fsp3) is 0.429. The van der Waals surface area contributed by atoms with Gasteiger partial charge in [-0.05, 0) is 25.0 Å². The molecule has 20 heavy (non-hydrogen) atoms. The number of halogens is 1. The van der Waals surface area contributed by atoms with E-state index in [0.29, 0.717) is 5.56 Å². The zero-order valence-electron chi connectivity index (χ0n) is 11.0. The van der Waals surface area contributed by atoms with Gasteiger partial charge in [0.15, 0.2) is 12.4 Å². The largest absolute Gasteiger partial charge is 0.457 e. The van der Waals surface area contributed by atoms with Gasteiger partial charge < -0.3 is 4.74 Å². The highest BCUT2D eigenvalue weighted by atomic mass is 79.9. The van der Waals surface area contributed by atoms with E-state index < -0.39 is 0 Å². The summed E-state index contributed by atoms with van der Waals surface area (Å²) in [6, 6.07) is 7.14. The molecule has 1 N–H and O–H groups in total. The van der Waals surface area contributed by atoms with Crippen LogP contribution in [0.15, 0.2) is 28.7 Å². The van der Waals surface area contributed by atoms with Gasteiger partial charge >= 0.3 is 5.97 Å². The fourth-order valence-electron chi connectivity index (χ4n) is 2.40. The number of ketones is 1. The van der Waals surface area contributed by atoms with Gasteiger partial charge in [-0.3, -0.25) is 14.7 Å². The maximum atomic E-state index is 12.0. The lowest BCUT2D eigenvalue weighted by Gasteiger charge is -2.17. The van der Waals surface area contributed by atoms with Crippen LogP contribution in [0.25, 0.3) is 0 Å². The minimum Gasteiger partial charge on any atom is -0.457 e. The molecule has 0 saturated heterocycles. The van der Waals surface area contributed by atoms with Crippen LogP contribution < -0.4 is 5.09 Å². The quantitative estimate of drug-likeness (QED) is 0.500. The lowest BCUT2D eigenvalue weighted by molar-refractivity contribution is -0.147. The van der Waals surface area contributed by atoms with Crippen molar-refractivity contribution in [1.29, 1.82) is 0 Å². The topological polar surface area (TPSA) is 55.4 Å². The summed E-state index contributed by atoms with van der Waals surface area (Å²) < 4.78 is 6.06. The highest BCUT2D eigenvalue weighted by molar-refractivity contribution is 9.10. The Hall–Kier alpha value is -0.770. The summed E-state index contributed by atoms with van der Waals surface area (Å²) in [7, 11) is 2.44. The molecular weight excluding hydrogens is 341 g/mol. The van der Waals surface area contributed by atoms with Crippen molar-refractivity contribution in [2.24, 2.45) is 5.92 Å². The van der Waals surface area contributed by atoms with Crippen LogP contribution in [-0.2, 0) is 9.53 Å². The summed E-state index contributed by atoms with van der Waals surface area (Å²) in [6.07, 6.45) is 2.79. The molecule has 1 saturated carbocycles. The van der Waals surface area contributed by atoms with E-state index in [1.807, 2.05) is 0 Å². The third kappa shape index (κ3) is 3.87. The molecule has 1 aromatic rings. The first-order valence-electron chi connectivity index (χ1n) is 6.53. The second-order valence-electron chi connectivity index (χ2n) is 4.85. The van der Waals surface area contributed by atoms with Crippen molar-refractivity contribution in [1.82, 2.24) is 5.09 Å². The monoisotopic (exact) mass is 357 g/mol. The van der Waals surface area contributed by atoms with Gasteiger partial charge in [0.2, 0.25) is 0 Å². The van der Waals surface area contributed by atoms with Crippen LogP contribution in [0.1, 0.15) is 29.6 Å². The van der Waals surface area contributed by atoms with Crippen LogP contribution >= 0.6 is 25.3 Å². The summed E-state index contributed by atoms with van der Waals surface area (Å²) in [6.45, 7) is -0.194. The van der Waals surface area contributed by atoms with Gasteiger partial charge in [0.1, 0.15) is 0 Å². The molecule has 3 unspecified atom stereocenters. The van der Waals surface area contributed by atoms with E-state index in [1.54, 1.807) is 24.3 Å². The first-order chi connectivity index (χ1) is 9.61. The van der Waals surface area contributed by atoms with Crippen molar-refractivity contribution in [2.75, 3.05) is 6.61 Å². The van der Waals surface area contributed by atoms with E-state index in [2.05, 4.69) is 30.4 Å². The Bertz CT molecular complexity index is 492. The molecular formula is C14H17BrNO3P. The number of esters is 1. The van der Waals surface area contributed by atoms with Crippen molar-refractivity contribution in [3.05, 3.63) is 34.3 Å². The molecule has 0 radical (unpaired) electrons. The minimum absolute atomic E-state index is 0.135. The number of carbonyl (C=O) groups is 2. The predicted molar refractivity (Wildman–Crippen MR) is 83.4 cm³/mol. The first-order valence-corrected chi connectivity index (χ1v) is 7.90. The predicted octanol–water partition coefficient (Wildman–Crippen LogP) is 2.72. The third-order valence-electron chi connectivity index (χ3n) is 3.54. The molecule has 0 aliphatic heterocycles. The van der Waals surface area contributed by atoms with E-state index in [9.17, 15) is 9.59 Å². The molecule has 0 heterocycles. The number of rotatable bonds is 5. The molecule has 3 atom stereocenters. The second kappa shape index (κ2) is 7.30. The van der Waals surface area contributed by atoms with Gasteiger partial charge in [-0.2, -0.15) is 0 Å². The van der Waals surface area contributed by atoms with Crippen molar-refractivity contribution in [3.8, 4) is 0 Å². The molecule has 6 heteroatoms. The highest BCUT2D eigenvalue weighted by Crippen LogP contribution is 2.27. The molecule has 0 aromatic heterocycles. The SMILES string of the molecule is O=C(COC(=O)C1CCCC1NP)c1ccc(Br)cc1. The van der Waals surface area contributed by atoms with Crippen molar-refractivity contribution in [3.63, 3.8) is 0 Å². The highest BCUT2D eigenvalue weighted by Gasteiger charge is 2.33. The van der Waals surface area contributed by atoms with Gasteiger partial charge in [0, 0.05) is 16.1 Å². The van der Waals surface area contributed by atoms with Crippen molar-refractivity contribution < 1.29 is 14.3 Å². The molecule has 2 rings (SSSR count). The number of nitrogens with one attached hydrogen (secondary N) is 1. The maximum Gasteiger partial charge on any atom is 0.310 e. The third-order valence-corrected chi connectivity index (χ3v) is 4.50. The minimum atomic E-state index is -0.284. The van der Waals surface area contributed by atoms with Gasteiger partial charge in [-0.25, -0.2) is 0 Å². The number of hydrogen-bond acceptors (Lipinski definition) is 4. The Morgan fingerprint density at radius 2 is 2.00 bits per heavy atom. The van der Waals surface area contributed by atoms with Crippen LogP contribution in [0.3, 0.4) is 0 Å². The number of hydrogen-bond donors (Lipinski definition) is 1. The van der Waals surface area contributed by atoms with Gasteiger partial charge in [-0.15, -0.1) is 0 Å². The molecule has 1 aliphatic carbocycles. The average Bonchev–Trinajstić information content (AvgIpc) is 2.93. The summed E-state index contributed by atoms with van der Waals surface area (Å²) in [5.41, 5.74) is 0.549. The number of benzene rings is 1. The number of carbonyl (C=O) groups excluding carboxylic acids is 2. The molecule has 4 nitrogen and oxygen atoms in total. The molecule has 1 aromatic carbocycles. The van der Waals surface area contributed by atoms with Crippen molar-refractivity contribution in [2.45, 2.75) is 25.3 Å².